The Bertz CT molecular complexity index is 563. The van der Waals surface area contributed by atoms with Crippen LogP contribution < -0.4 is 10.1 Å². The van der Waals surface area contributed by atoms with Crippen LogP contribution in [0.4, 0.5) is 0 Å². The number of amides is 1. The number of benzene rings is 1. The second-order valence-electron chi connectivity index (χ2n) is 4.27. The van der Waals surface area contributed by atoms with Gasteiger partial charge in [0.15, 0.2) is 0 Å². The van der Waals surface area contributed by atoms with E-state index in [4.69, 9.17) is 9.26 Å². The van der Waals surface area contributed by atoms with E-state index in [1.807, 2.05) is 24.3 Å². The Labute approximate surface area is 117 Å². The average molecular weight is 275 g/mol. The summed E-state index contributed by atoms with van der Waals surface area (Å²) in [6.07, 6.45) is 1.73. The third-order valence-corrected chi connectivity index (χ3v) is 2.89. The fourth-order valence-electron chi connectivity index (χ4n) is 1.74. The zero-order valence-corrected chi connectivity index (χ0v) is 11.5. The molecule has 0 saturated heterocycles. The van der Waals surface area contributed by atoms with Gasteiger partial charge in [-0.05, 0) is 30.7 Å². The lowest BCUT2D eigenvalue weighted by atomic mass is 10.2. The van der Waals surface area contributed by atoms with E-state index in [9.17, 15) is 4.79 Å². The minimum Gasteiger partial charge on any atom is -0.497 e. The highest BCUT2D eigenvalue weighted by molar-refractivity contribution is 5.75. The van der Waals surface area contributed by atoms with E-state index in [1.54, 1.807) is 14.2 Å². The molecule has 0 aliphatic carbocycles. The molecule has 6 heteroatoms. The van der Waals surface area contributed by atoms with Crippen molar-refractivity contribution < 1.29 is 14.1 Å². The van der Waals surface area contributed by atoms with E-state index in [0.29, 0.717) is 31.0 Å². The van der Waals surface area contributed by atoms with Gasteiger partial charge in [-0.25, -0.2) is 0 Å². The Kier molecular flexibility index (Phi) is 4.70. The van der Waals surface area contributed by atoms with Crippen LogP contribution in [0.5, 0.6) is 5.75 Å². The molecule has 0 bridgehead atoms. The Hall–Kier alpha value is -2.37. The maximum absolute atomic E-state index is 11.1. The van der Waals surface area contributed by atoms with Crippen LogP contribution in [0, 0.1) is 0 Å². The molecule has 0 radical (unpaired) electrons. The number of aryl methyl sites for hydroxylation is 1. The minimum absolute atomic E-state index is 0.0138. The molecule has 0 aliphatic heterocycles. The van der Waals surface area contributed by atoms with Crippen molar-refractivity contribution >= 4 is 5.91 Å². The van der Waals surface area contributed by atoms with Gasteiger partial charge < -0.3 is 14.6 Å². The summed E-state index contributed by atoms with van der Waals surface area (Å²) >= 11 is 0. The van der Waals surface area contributed by atoms with Gasteiger partial charge in [-0.15, -0.1) is 0 Å². The van der Waals surface area contributed by atoms with Gasteiger partial charge in [-0.1, -0.05) is 5.16 Å². The highest BCUT2D eigenvalue weighted by atomic mass is 16.5. The van der Waals surface area contributed by atoms with Crippen LogP contribution in [0.25, 0.3) is 11.4 Å². The third kappa shape index (κ3) is 3.57. The molecule has 0 fully saturated rings. The molecule has 0 unspecified atom stereocenters. The Morgan fingerprint density at radius 1 is 1.35 bits per heavy atom. The van der Waals surface area contributed by atoms with E-state index >= 15 is 0 Å². The molecule has 6 nitrogen and oxygen atoms in total. The summed E-state index contributed by atoms with van der Waals surface area (Å²) in [5, 5.41) is 6.51. The normalized spacial score (nSPS) is 10.3. The van der Waals surface area contributed by atoms with Crippen molar-refractivity contribution in [3.8, 4) is 17.1 Å². The van der Waals surface area contributed by atoms with Crippen LogP contribution in [-0.2, 0) is 11.2 Å². The largest absolute Gasteiger partial charge is 0.497 e. The lowest BCUT2D eigenvalue weighted by Crippen LogP contribution is -2.17. The minimum atomic E-state index is 0.0138. The fourth-order valence-corrected chi connectivity index (χ4v) is 1.74. The van der Waals surface area contributed by atoms with Crippen LogP contribution in [-0.4, -0.2) is 30.2 Å². The number of hydrogen-bond acceptors (Lipinski definition) is 5. The van der Waals surface area contributed by atoms with E-state index < -0.39 is 0 Å². The first-order chi connectivity index (χ1) is 9.72. The van der Waals surface area contributed by atoms with Gasteiger partial charge in [0.1, 0.15) is 5.75 Å². The molecule has 2 aromatic rings. The zero-order chi connectivity index (χ0) is 14.4. The van der Waals surface area contributed by atoms with Gasteiger partial charge in [-0.3, -0.25) is 4.79 Å². The van der Waals surface area contributed by atoms with Crippen LogP contribution in [0.15, 0.2) is 28.8 Å². The standard InChI is InChI=1S/C14H17N3O3/c1-15-12(18)4-3-5-13-16-14(17-20-13)10-6-8-11(19-2)9-7-10/h6-9H,3-5H2,1-2H3,(H,15,18). The number of methoxy groups -OCH3 is 1. The van der Waals surface area contributed by atoms with Gasteiger partial charge in [0.05, 0.1) is 7.11 Å². The molecule has 0 aliphatic rings. The molecule has 2 rings (SSSR count). The molecule has 1 aromatic carbocycles. The van der Waals surface area contributed by atoms with E-state index in [2.05, 4.69) is 15.5 Å². The summed E-state index contributed by atoms with van der Waals surface area (Å²) in [6.45, 7) is 0. The molecule has 0 atom stereocenters. The zero-order valence-electron chi connectivity index (χ0n) is 11.5. The van der Waals surface area contributed by atoms with Crippen molar-refractivity contribution in [3.05, 3.63) is 30.2 Å². The number of nitrogens with zero attached hydrogens (tertiary/aromatic N) is 2. The summed E-state index contributed by atoms with van der Waals surface area (Å²) in [5.41, 5.74) is 0.868. The van der Waals surface area contributed by atoms with Gasteiger partial charge in [0, 0.05) is 25.5 Å². The molecule has 1 amide bonds. The van der Waals surface area contributed by atoms with Gasteiger partial charge in [0.25, 0.3) is 0 Å². The predicted octanol–water partition coefficient (Wildman–Crippen LogP) is 1.81. The Balaban J connectivity index is 1.95. The monoisotopic (exact) mass is 275 g/mol. The topological polar surface area (TPSA) is 77.2 Å². The number of nitrogens with one attached hydrogen (secondary N) is 1. The van der Waals surface area contributed by atoms with Crippen molar-refractivity contribution in [3.63, 3.8) is 0 Å². The summed E-state index contributed by atoms with van der Waals surface area (Å²) in [6, 6.07) is 7.43. The summed E-state index contributed by atoms with van der Waals surface area (Å²) in [4.78, 5) is 15.4. The molecule has 1 N–H and O–H groups in total. The molecule has 1 heterocycles. The first-order valence-electron chi connectivity index (χ1n) is 6.40. The summed E-state index contributed by atoms with van der Waals surface area (Å²) < 4.78 is 10.3. The second-order valence-corrected chi connectivity index (χ2v) is 4.27. The van der Waals surface area contributed by atoms with E-state index in [1.165, 1.54) is 0 Å². The Morgan fingerprint density at radius 2 is 2.10 bits per heavy atom. The van der Waals surface area contributed by atoms with E-state index in [-0.39, 0.29) is 5.91 Å². The fraction of sp³-hybridized carbons (Fsp3) is 0.357. The third-order valence-electron chi connectivity index (χ3n) is 2.89. The van der Waals surface area contributed by atoms with Gasteiger partial charge >= 0.3 is 0 Å². The number of carbonyl (C=O) groups excluding carboxylic acids is 1. The maximum Gasteiger partial charge on any atom is 0.226 e. The predicted molar refractivity (Wildman–Crippen MR) is 73.3 cm³/mol. The van der Waals surface area contributed by atoms with Gasteiger partial charge in [-0.2, -0.15) is 4.98 Å². The van der Waals surface area contributed by atoms with Crippen LogP contribution in [0.2, 0.25) is 0 Å². The summed E-state index contributed by atoms with van der Waals surface area (Å²) in [5.74, 6) is 1.88. The SMILES string of the molecule is CNC(=O)CCCc1nc(-c2ccc(OC)cc2)no1. The maximum atomic E-state index is 11.1. The van der Waals surface area contributed by atoms with Crippen LogP contribution in [0.1, 0.15) is 18.7 Å². The van der Waals surface area contributed by atoms with Crippen LogP contribution >= 0.6 is 0 Å². The molecular weight excluding hydrogens is 258 g/mol. The molecule has 0 saturated carbocycles. The molecule has 106 valence electrons. The van der Waals surface area contributed by atoms with Crippen molar-refractivity contribution in [2.75, 3.05) is 14.2 Å². The number of carbonyl (C=O) groups is 1. The number of rotatable bonds is 6. The number of ether oxygens (including phenoxy) is 1. The average Bonchev–Trinajstić information content (AvgIpc) is 2.96. The molecule has 0 spiro atoms. The van der Waals surface area contributed by atoms with Crippen molar-refractivity contribution in [2.45, 2.75) is 19.3 Å². The highest BCUT2D eigenvalue weighted by Gasteiger charge is 2.09. The lowest BCUT2D eigenvalue weighted by Gasteiger charge is -1.99. The van der Waals surface area contributed by atoms with Crippen molar-refractivity contribution in [1.82, 2.24) is 15.5 Å². The molecule has 20 heavy (non-hydrogen) atoms. The lowest BCUT2D eigenvalue weighted by molar-refractivity contribution is -0.120. The first kappa shape index (κ1) is 14.0. The smallest absolute Gasteiger partial charge is 0.226 e. The molecule has 1 aromatic heterocycles. The Morgan fingerprint density at radius 3 is 2.75 bits per heavy atom. The second kappa shape index (κ2) is 6.70. The van der Waals surface area contributed by atoms with Crippen LogP contribution in [0.3, 0.4) is 0 Å². The quantitative estimate of drug-likeness (QED) is 0.870. The van der Waals surface area contributed by atoms with Crippen molar-refractivity contribution in [1.29, 1.82) is 0 Å². The number of hydrogen-bond donors (Lipinski definition) is 1. The summed E-state index contributed by atoms with van der Waals surface area (Å²) in [7, 11) is 3.24. The van der Waals surface area contributed by atoms with E-state index in [0.717, 1.165) is 11.3 Å². The van der Waals surface area contributed by atoms with Crippen molar-refractivity contribution in [2.24, 2.45) is 0 Å². The number of aromatic nitrogens is 2. The first-order valence-corrected chi connectivity index (χ1v) is 6.40. The van der Waals surface area contributed by atoms with Gasteiger partial charge in [0.2, 0.25) is 17.6 Å². The highest BCUT2D eigenvalue weighted by Crippen LogP contribution is 2.20. The molecular formula is C14H17N3O3.